The predicted octanol–water partition coefficient (Wildman–Crippen LogP) is -0.0100. The van der Waals surface area contributed by atoms with Gasteiger partial charge in [0.1, 0.15) is 0 Å². The molecule has 0 saturated carbocycles. The van der Waals surface area contributed by atoms with Crippen LogP contribution in [0.5, 0.6) is 0 Å². The molecule has 0 unspecified atom stereocenters. The summed E-state index contributed by atoms with van der Waals surface area (Å²) in [5.74, 6) is 0. The molecule has 4 heteroatoms. The van der Waals surface area contributed by atoms with Gasteiger partial charge < -0.3 is 0 Å². The number of hydrogen-bond donors (Lipinski definition) is 0. The molecule has 0 aromatic rings. The van der Waals surface area contributed by atoms with Gasteiger partial charge in [-0.15, -0.1) is 0 Å². The van der Waals surface area contributed by atoms with Crippen molar-refractivity contribution >= 4 is 0 Å². The Labute approximate surface area is 79.0 Å². The van der Waals surface area contributed by atoms with E-state index in [0.29, 0.717) is 0 Å². The Morgan fingerprint density at radius 2 is 1.00 bits per heavy atom. The normalized spacial score (nSPS) is 0. The molecule has 0 N–H and O–H groups in total. The smallest absolute Gasteiger partial charge is 0 e. The van der Waals surface area contributed by atoms with Crippen molar-refractivity contribution in [2.45, 2.75) is 0 Å². The van der Waals surface area contributed by atoms with Crippen LogP contribution in [0.15, 0.2) is 0 Å². The van der Waals surface area contributed by atoms with E-state index >= 15 is 0 Å². The average Bonchev–Trinajstić information content (AvgIpc) is 0. The van der Waals surface area contributed by atoms with Gasteiger partial charge in [0.15, 0.2) is 0 Å². The molecule has 2 radical (unpaired) electrons. The van der Waals surface area contributed by atoms with Crippen molar-refractivity contribution in [3.8, 4) is 0 Å². The summed E-state index contributed by atoms with van der Waals surface area (Å²) in [7, 11) is 0. The van der Waals surface area contributed by atoms with Gasteiger partial charge in [-0.25, -0.2) is 0 Å². The maximum Gasteiger partial charge on any atom is 0 e. The quantitative estimate of drug-likeness (QED) is 0.348. The van der Waals surface area contributed by atoms with Crippen molar-refractivity contribution in [2.24, 2.45) is 0 Å². The summed E-state index contributed by atoms with van der Waals surface area (Å²) in [5.41, 5.74) is 0. The first-order valence-electron chi connectivity index (χ1n) is 0. The fourth-order valence-corrected chi connectivity index (χ4v) is 0. The van der Waals surface area contributed by atoms with Gasteiger partial charge in [0.25, 0.3) is 0 Å². The van der Waals surface area contributed by atoms with Crippen LogP contribution in [0.25, 0.3) is 0 Å². The molecule has 0 aromatic heterocycles. The van der Waals surface area contributed by atoms with E-state index < -0.39 is 0 Å². The summed E-state index contributed by atoms with van der Waals surface area (Å²) in [6.07, 6.45) is 0. The molecule has 0 aromatic carbocycles. The van der Waals surface area contributed by atoms with Gasteiger partial charge in [0.2, 0.25) is 0 Å². The van der Waals surface area contributed by atoms with Gasteiger partial charge in [-0.1, -0.05) is 0 Å². The molecule has 0 saturated heterocycles. The first-order valence-corrected chi connectivity index (χ1v) is 0. The minimum atomic E-state index is 0. The minimum Gasteiger partial charge on any atom is 0 e. The van der Waals surface area contributed by atoms with Gasteiger partial charge in [-0.05, 0) is 0 Å². The predicted molar refractivity (Wildman–Crippen MR) is 0 cm³/mol. The molecule has 0 amide bonds. The molecule has 36 valence electrons. The summed E-state index contributed by atoms with van der Waals surface area (Å²) in [5, 5.41) is 0. The number of hydrogen-bond acceptors (Lipinski definition) is 0. The molecule has 0 bridgehead atoms. The van der Waals surface area contributed by atoms with Crippen LogP contribution < -0.4 is 0 Å². The molecular weight excluding hydrogens is 591 g/mol. The molecule has 4 heavy (non-hydrogen) atoms. The van der Waals surface area contributed by atoms with Gasteiger partial charge in [-0.3, -0.25) is 0 Å². The zero-order valence-corrected chi connectivity index (χ0v) is 9.38. The second-order valence-electron chi connectivity index (χ2n) is 0. The third-order valence-electron chi connectivity index (χ3n) is 0. The molecule has 0 aliphatic heterocycles. The molecule has 0 heterocycles. The van der Waals surface area contributed by atoms with E-state index in [4.69, 9.17) is 0 Å². The number of rotatable bonds is 0. The molecule has 0 fully saturated rings. The van der Waals surface area contributed by atoms with Crippen LogP contribution in [0.3, 0.4) is 0 Å². The largest absolute Gasteiger partial charge is 0 e. The third kappa shape index (κ3) is 8.82. The van der Waals surface area contributed by atoms with Gasteiger partial charge in [-0.2, -0.15) is 0 Å². The summed E-state index contributed by atoms with van der Waals surface area (Å²) in [6.45, 7) is 0. The second kappa shape index (κ2) is 17.6. The molecule has 0 aliphatic carbocycles. The van der Waals surface area contributed by atoms with Crippen molar-refractivity contribution in [3.05, 3.63) is 0 Å². The summed E-state index contributed by atoms with van der Waals surface area (Å²) < 4.78 is 0. The van der Waals surface area contributed by atoms with Crippen molar-refractivity contribution in [2.75, 3.05) is 0 Å². The van der Waals surface area contributed by atoms with Crippen LogP contribution in [-0.2, 0) is 80.1 Å². The first-order chi connectivity index (χ1) is 0. The average molecular weight is 591 g/mol. The zero-order valence-electron chi connectivity index (χ0n) is 1.34. The fourth-order valence-electron chi connectivity index (χ4n) is 0. The van der Waals surface area contributed by atoms with E-state index in [9.17, 15) is 0 Å². The summed E-state index contributed by atoms with van der Waals surface area (Å²) in [4.78, 5) is 0. The van der Waals surface area contributed by atoms with Crippen LogP contribution in [0.1, 0.15) is 0 Å². The molecular formula is IrPtRhRu. The van der Waals surface area contributed by atoms with Gasteiger partial charge in [0.05, 0.1) is 0 Å². The Kier molecular flexibility index (Phi) is 135. The standard InChI is InChI=1S/Ir.Pt.Rh.Ru. The maximum absolute atomic E-state index is 0. The van der Waals surface area contributed by atoms with Crippen LogP contribution in [0.4, 0.5) is 0 Å². The van der Waals surface area contributed by atoms with E-state index in [0.717, 1.165) is 0 Å². The monoisotopic (exact) mass is 593 g/mol. The van der Waals surface area contributed by atoms with E-state index in [-0.39, 0.29) is 80.1 Å². The van der Waals surface area contributed by atoms with Crippen molar-refractivity contribution in [1.29, 1.82) is 0 Å². The Hall–Kier alpha value is 2.58. The van der Waals surface area contributed by atoms with Crippen LogP contribution in [0.2, 0.25) is 0 Å². The first kappa shape index (κ1) is 30.7. The van der Waals surface area contributed by atoms with E-state index in [1.165, 1.54) is 0 Å². The van der Waals surface area contributed by atoms with E-state index in [2.05, 4.69) is 0 Å². The van der Waals surface area contributed by atoms with Crippen LogP contribution >= 0.6 is 0 Å². The third-order valence-corrected chi connectivity index (χ3v) is 0. The molecule has 0 spiro atoms. The van der Waals surface area contributed by atoms with Gasteiger partial charge in [0, 0.05) is 80.1 Å². The van der Waals surface area contributed by atoms with Crippen LogP contribution in [0, 0.1) is 0 Å². The summed E-state index contributed by atoms with van der Waals surface area (Å²) >= 11 is 0. The Bertz CT molecular complexity index is 8.00. The van der Waals surface area contributed by atoms with Gasteiger partial charge >= 0.3 is 0 Å². The van der Waals surface area contributed by atoms with E-state index in [1.54, 1.807) is 0 Å². The Balaban J connectivity index is 0. The van der Waals surface area contributed by atoms with Crippen molar-refractivity contribution in [1.82, 2.24) is 0 Å². The topological polar surface area (TPSA) is 0 Å². The molecule has 0 nitrogen and oxygen atoms in total. The maximum atomic E-state index is 0. The van der Waals surface area contributed by atoms with E-state index in [1.807, 2.05) is 0 Å². The second-order valence-corrected chi connectivity index (χ2v) is 0. The van der Waals surface area contributed by atoms with Crippen LogP contribution in [-0.4, -0.2) is 0 Å². The fraction of sp³-hybridized carbons (Fsp3) is 0. The summed E-state index contributed by atoms with van der Waals surface area (Å²) in [6, 6.07) is 0. The molecule has 0 atom stereocenters. The van der Waals surface area contributed by atoms with Crippen molar-refractivity contribution < 1.29 is 80.1 Å². The molecule has 0 rings (SSSR count). The Morgan fingerprint density at radius 3 is 1.00 bits per heavy atom. The molecule has 0 aliphatic rings. The zero-order chi connectivity index (χ0) is 0. The van der Waals surface area contributed by atoms with Crippen molar-refractivity contribution in [3.63, 3.8) is 0 Å². The Morgan fingerprint density at radius 1 is 1.00 bits per heavy atom. The SMILES string of the molecule is [Ir].[Pt].[Rh].[Ru]. The minimum absolute atomic E-state index is 0.